The predicted octanol–water partition coefficient (Wildman–Crippen LogP) is 1.44. The van der Waals surface area contributed by atoms with Gasteiger partial charge in [0.25, 0.3) is 0 Å². The van der Waals surface area contributed by atoms with Crippen LogP contribution in [0.25, 0.3) is 0 Å². The first-order valence-corrected chi connectivity index (χ1v) is 7.14. The number of carbonyl (C=O) groups excluding carboxylic acids is 1. The van der Waals surface area contributed by atoms with Crippen LogP contribution in [0.15, 0.2) is 0 Å². The van der Waals surface area contributed by atoms with E-state index in [2.05, 4.69) is 10.4 Å². The first-order chi connectivity index (χ1) is 9.83. The molecular weight excluding hydrogens is 270 g/mol. The summed E-state index contributed by atoms with van der Waals surface area (Å²) in [6.45, 7) is 10.5. The van der Waals surface area contributed by atoms with E-state index in [0.717, 1.165) is 24.5 Å². The van der Waals surface area contributed by atoms with Crippen molar-refractivity contribution in [2.24, 2.45) is 5.41 Å². The number of aromatic nitrogens is 2. The van der Waals surface area contributed by atoms with E-state index in [1.807, 2.05) is 32.4 Å². The summed E-state index contributed by atoms with van der Waals surface area (Å²) in [7, 11) is 3.10. The molecule has 1 N–H and O–H groups in total. The summed E-state index contributed by atoms with van der Waals surface area (Å²) >= 11 is 0. The van der Waals surface area contributed by atoms with Gasteiger partial charge in [-0.15, -0.1) is 0 Å². The summed E-state index contributed by atoms with van der Waals surface area (Å²) < 4.78 is 11.8. The summed E-state index contributed by atoms with van der Waals surface area (Å²) in [6, 6.07) is 0. The Balaban J connectivity index is 2.79. The van der Waals surface area contributed by atoms with Gasteiger partial charge in [-0.05, 0) is 27.7 Å². The third kappa shape index (κ3) is 4.54. The molecule has 0 amide bonds. The average Bonchev–Trinajstić information content (AvgIpc) is 2.68. The molecule has 0 fully saturated rings. The van der Waals surface area contributed by atoms with Crippen molar-refractivity contribution in [2.75, 3.05) is 27.4 Å². The summed E-state index contributed by atoms with van der Waals surface area (Å²) in [4.78, 5) is 11.8. The molecule has 0 aliphatic carbocycles. The van der Waals surface area contributed by atoms with Crippen LogP contribution in [0.4, 0.5) is 0 Å². The smallest absolute Gasteiger partial charge is 0.313 e. The molecule has 120 valence electrons. The van der Waals surface area contributed by atoms with E-state index in [4.69, 9.17) is 9.47 Å². The second-order valence-electron chi connectivity index (χ2n) is 5.85. The fourth-order valence-electron chi connectivity index (χ4n) is 2.25. The van der Waals surface area contributed by atoms with E-state index in [-0.39, 0.29) is 5.97 Å². The Bertz CT molecular complexity index is 481. The fourth-order valence-corrected chi connectivity index (χ4v) is 2.25. The quantitative estimate of drug-likeness (QED) is 0.581. The molecule has 6 nitrogen and oxygen atoms in total. The highest BCUT2D eigenvalue weighted by atomic mass is 16.5. The van der Waals surface area contributed by atoms with Crippen LogP contribution in [0.2, 0.25) is 0 Å². The largest absolute Gasteiger partial charge is 0.469 e. The number of hydrogen-bond donors (Lipinski definition) is 1. The van der Waals surface area contributed by atoms with Gasteiger partial charge in [0.1, 0.15) is 0 Å². The van der Waals surface area contributed by atoms with Gasteiger partial charge in [-0.1, -0.05) is 0 Å². The number of aryl methyl sites for hydroxylation is 1. The number of esters is 1. The van der Waals surface area contributed by atoms with Crippen LogP contribution in [0, 0.1) is 19.3 Å². The van der Waals surface area contributed by atoms with Crippen molar-refractivity contribution in [1.82, 2.24) is 15.1 Å². The molecule has 1 heterocycles. The highest BCUT2D eigenvalue weighted by Crippen LogP contribution is 2.22. The molecule has 1 rings (SSSR count). The molecule has 6 heteroatoms. The molecule has 0 aliphatic heterocycles. The molecule has 1 aromatic heterocycles. The number of ether oxygens (including phenoxy) is 2. The Morgan fingerprint density at radius 3 is 2.57 bits per heavy atom. The molecule has 0 saturated heterocycles. The zero-order valence-corrected chi connectivity index (χ0v) is 13.9. The Morgan fingerprint density at radius 2 is 2.00 bits per heavy atom. The van der Waals surface area contributed by atoms with Crippen molar-refractivity contribution in [2.45, 2.75) is 40.8 Å². The Kier molecular flexibility index (Phi) is 6.36. The van der Waals surface area contributed by atoms with Gasteiger partial charge in [-0.3, -0.25) is 9.48 Å². The number of nitrogens with zero attached hydrogens (tertiary/aromatic N) is 2. The molecular formula is C15H27N3O3. The first kappa shape index (κ1) is 17.7. The molecule has 1 aromatic rings. The van der Waals surface area contributed by atoms with Crippen molar-refractivity contribution in [3.05, 3.63) is 17.0 Å². The van der Waals surface area contributed by atoms with Crippen LogP contribution in [-0.4, -0.2) is 43.1 Å². The van der Waals surface area contributed by atoms with Crippen LogP contribution < -0.4 is 5.32 Å². The average molecular weight is 297 g/mol. The minimum absolute atomic E-state index is 0.227. The van der Waals surface area contributed by atoms with Crippen molar-refractivity contribution in [3.8, 4) is 0 Å². The monoisotopic (exact) mass is 297 g/mol. The van der Waals surface area contributed by atoms with Gasteiger partial charge in [0.15, 0.2) is 0 Å². The third-order valence-electron chi connectivity index (χ3n) is 3.60. The van der Waals surface area contributed by atoms with Gasteiger partial charge in [0, 0.05) is 31.5 Å². The maximum absolute atomic E-state index is 11.8. The van der Waals surface area contributed by atoms with Crippen molar-refractivity contribution >= 4 is 5.97 Å². The lowest BCUT2D eigenvalue weighted by atomic mass is 9.94. The fraction of sp³-hybridized carbons (Fsp3) is 0.733. The highest BCUT2D eigenvalue weighted by molar-refractivity contribution is 5.75. The van der Waals surface area contributed by atoms with E-state index in [1.165, 1.54) is 12.7 Å². The minimum atomic E-state index is -0.598. The van der Waals surface area contributed by atoms with Crippen LogP contribution in [-0.2, 0) is 27.4 Å². The summed E-state index contributed by atoms with van der Waals surface area (Å²) in [5, 5.41) is 7.87. The van der Waals surface area contributed by atoms with Gasteiger partial charge < -0.3 is 14.8 Å². The molecule has 0 saturated carbocycles. The SMILES string of the molecule is COCCNCc1c(C)nn(CC(C)(C)C(=O)OC)c1C. The zero-order valence-electron chi connectivity index (χ0n) is 13.9. The lowest BCUT2D eigenvalue weighted by Crippen LogP contribution is -2.31. The van der Waals surface area contributed by atoms with Gasteiger partial charge in [-0.25, -0.2) is 0 Å². The Morgan fingerprint density at radius 1 is 1.33 bits per heavy atom. The highest BCUT2D eigenvalue weighted by Gasteiger charge is 2.30. The molecule has 0 radical (unpaired) electrons. The van der Waals surface area contributed by atoms with E-state index in [0.29, 0.717) is 13.2 Å². The van der Waals surface area contributed by atoms with Gasteiger partial charge in [-0.2, -0.15) is 5.10 Å². The van der Waals surface area contributed by atoms with Crippen LogP contribution in [0.5, 0.6) is 0 Å². The molecule has 0 unspecified atom stereocenters. The van der Waals surface area contributed by atoms with E-state index in [9.17, 15) is 4.79 Å². The summed E-state index contributed by atoms with van der Waals surface area (Å²) in [6.07, 6.45) is 0. The molecule has 0 atom stereocenters. The van der Waals surface area contributed by atoms with Crippen LogP contribution in [0.3, 0.4) is 0 Å². The standard InChI is InChI=1S/C15H27N3O3/c1-11-13(9-16-7-8-20-5)12(2)18(17-11)10-15(3,4)14(19)21-6/h16H,7-10H2,1-6H3. The summed E-state index contributed by atoms with van der Waals surface area (Å²) in [5.41, 5.74) is 2.64. The minimum Gasteiger partial charge on any atom is -0.469 e. The third-order valence-corrected chi connectivity index (χ3v) is 3.60. The normalized spacial score (nSPS) is 11.7. The molecule has 0 aromatic carbocycles. The van der Waals surface area contributed by atoms with E-state index < -0.39 is 5.41 Å². The van der Waals surface area contributed by atoms with Crippen molar-refractivity contribution in [3.63, 3.8) is 0 Å². The lowest BCUT2D eigenvalue weighted by molar-refractivity contribution is -0.151. The maximum atomic E-state index is 11.8. The number of rotatable bonds is 8. The Hall–Kier alpha value is -1.40. The van der Waals surface area contributed by atoms with Gasteiger partial charge in [0.05, 0.1) is 31.4 Å². The van der Waals surface area contributed by atoms with E-state index in [1.54, 1.807) is 7.11 Å². The second-order valence-corrected chi connectivity index (χ2v) is 5.85. The molecule has 0 aliphatic rings. The van der Waals surface area contributed by atoms with Gasteiger partial charge in [0.2, 0.25) is 0 Å². The maximum Gasteiger partial charge on any atom is 0.313 e. The van der Waals surface area contributed by atoms with E-state index >= 15 is 0 Å². The predicted molar refractivity (Wildman–Crippen MR) is 81.1 cm³/mol. The number of methoxy groups -OCH3 is 2. The summed E-state index contributed by atoms with van der Waals surface area (Å²) in [5.74, 6) is -0.227. The second kappa shape index (κ2) is 7.56. The number of hydrogen-bond acceptors (Lipinski definition) is 5. The first-order valence-electron chi connectivity index (χ1n) is 7.14. The zero-order chi connectivity index (χ0) is 16.0. The Labute approximate surface area is 126 Å². The van der Waals surface area contributed by atoms with Crippen LogP contribution in [0.1, 0.15) is 30.8 Å². The van der Waals surface area contributed by atoms with Crippen molar-refractivity contribution < 1.29 is 14.3 Å². The topological polar surface area (TPSA) is 65.4 Å². The van der Waals surface area contributed by atoms with Crippen molar-refractivity contribution in [1.29, 1.82) is 0 Å². The lowest BCUT2D eigenvalue weighted by Gasteiger charge is -2.22. The number of nitrogens with one attached hydrogen (secondary N) is 1. The van der Waals surface area contributed by atoms with Crippen LogP contribution >= 0.6 is 0 Å². The molecule has 0 bridgehead atoms. The molecule has 21 heavy (non-hydrogen) atoms. The molecule has 0 spiro atoms. The van der Waals surface area contributed by atoms with Gasteiger partial charge >= 0.3 is 5.97 Å². The number of carbonyl (C=O) groups is 1.